The van der Waals surface area contributed by atoms with Crippen molar-refractivity contribution in [3.8, 4) is 0 Å². The molecule has 0 radical (unpaired) electrons. The molecule has 1 aliphatic heterocycles. The maximum atomic E-state index is 13.1. The van der Waals surface area contributed by atoms with Crippen LogP contribution in [-0.4, -0.2) is 19.4 Å². The zero-order valence-electron chi connectivity index (χ0n) is 15.3. The number of rotatable bonds is 4. The quantitative estimate of drug-likeness (QED) is 0.665. The molecule has 0 bridgehead atoms. The van der Waals surface area contributed by atoms with E-state index >= 15 is 0 Å². The van der Waals surface area contributed by atoms with Crippen LogP contribution in [0.3, 0.4) is 0 Å². The average Bonchev–Trinajstić information content (AvgIpc) is 2.67. The van der Waals surface area contributed by atoms with Crippen LogP contribution in [0.2, 0.25) is 0 Å². The van der Waals surface area contributed by atoms with Gasteiger partial charge < -0.3 is 14.8 Å². The predicted molar refractivity (Wildman–Crippen MR) is 92.9 cm³/mol. The summed E-state index contributed by atoms with van der Waals surface area (Å²) in [4.78, 5) is 0. The van der Waals surface area contributed by atoms with E-state index in [4.69, 9.17) is 9.47 Å². The summed E-state index contributed by atoms with van der Waals surface area (Å²) >= 11 is 0. The van der Waals surface area contributed by atoms with Crippen LogP contribution in [0.1, 0.15) is 41.3 Å². The summed E-state index contributed by atoms with van der Waals surface area (Å²) < 4.78 is 90.0. The van der Waals surface area contributed by atoms with E-state index in [0.717, 1.165) is 5.56 Å². The number of hydrogen-bond donors (Lipinski definition) is 1. The Labute approximate surface area is 163 Å². The number of nitrogens with one attached hydrogen (secondary N) is 1. The first kappa shape index (κ1) is 21.6. The molecule has 0 aliphatic carbocycles. The lowest BCUT2D eigenvalue weighted by Gasteiger charge is -2.34. The van der Waals surface area contributed by atoms with Crippen molar-refractivity contribution < 1.29 is 35.8 Å². The highest BCUT2D eigenvalue weighted by atomic mass is 19.4. The van der Waals surface area contributed by atoms with Crippen molar-refractivity contribution in [3.05, 3.63) is 70.8 Å². The van der Waals surface area contributed by atoms with E-state index in [1.54, 1.807) is 0 Å². The number of morpholine rings is 1. The summed E-state index contributed by atoms with van der Waals surface area (Å²) in [5, 5.41) is 3.20. The van der Waals surface area contributed by atoms with E-state index in [1.807, 2.05) is 30.3 Å². The van der Waals surface area contributed by atoms with Crippen molar-refractivity contribution >= 4 is 0 Å². The Morgan fingerprint density at radius 3 is 2.10 bits per heavy atom. The summed E-state index contributed by atoms with van der Waals surface area (Å²) in [7, 11) is 0. The average molecular weight is 419 g/mol. The SMILES string of the molecule is C[C@H](O[C@@H]1OCCNC1c1ccccc1)c1cc(C(F)(F)F)cc(C(F)(F)F)c1. The minimum absolute atomic E-state index is 0.0989. The van der Waals surface area contributed by atoms with Gasteiger partial charge in [-0.3, -0.25) is 0 Å². The van der Waals surface area contributed by atoms with Gasteiger partial charge in [0.2, 0.25) is 0 Å². The molecule has 1 heterocycles. The molecule has 3 nitrogen and oxygen atoms in total. The van der Waals surface area contributed by atoms with Gasteiger partial charge in [-0.25, -0.2) is 0 Å². The first-order valence-corrected chi connectivity index (χ1v) is 8.90. The van der Waals surface area contributed by atoms with Crippen molar-refractivity contribution in [1.82, 2.24) is 5.32 Å². The van der Waals surface area contributed by atoms with Gasteiger partial charge in [0.25, 0.3) is 0 Å². The van der Waals surface area contributed by atoms with Gasteiger partial charge in [0.1, 0.15) is 0 Å². The predicted octanol–water partition coefficient (Wildman–Crippen LogP) is 5.49. The molecule has 0 saturated carbocycles. The van der Waals surface area contributed by atoms with Gasteiger partial charge >= 0.3 is 12.4 Å². The molecule has 1 unspecified atom stereocenters. The number of halogens is 6. The second-order valence-corrected chi connectivity index (χ2v) is 6.70. The van der Waals surface area contributed by atoms with Crippen molar-refractivity contribution in [1.29, 1.82) is 0 Å². The molecular formula is C20H19F6NO2. The zero-order valence-corrected chi connectivity index (χ0v) is 15.3. The lowest BCUT2D eigenvalue weighted by Crippen LogP contribution is -2.43. The maximum absolute atomic E-state index is 13.1. The molecule has 3 atom stereocenters. The van der Waals surface area contributed by atoms with Crippen molar-refractivity contribution in [2.75, 3.05) is 13.2 Å². The van der Waals surface area contributed by atoms with Gasteiger partial charge in [-0.15, -0.1) is 0 Å². The smallest absolute Gasteiger partial charge is 0.349 e. The number of alkyl halides is 6. The molecule has 9 heteroatoms. The first-order chi connectivity index (χ1) is 13.6. The topological polar surface area (TPSA) is 30.5 Å². The van der Waals surface area contributed by atoms with Gasteiger partial charge in [0.15, 0.2) is 6.29 Å². The fraction of sp³-hybridized carbons (Fsp3) is 0.400. The molecule has 1 N–H and O–H groups in total. The molecule has 1 aliphatic rings. The minimum Gasteiger partial charge on any atom is -0.349 e. The Balaban J connectivity index is 1.88. The van der Waals surface area contributed by atoms with Crippen LogP contribution in [0.15, 0.2) is 48.5 Å². The Hall–Kier alpha value is -2.10. The zero-order chi connectivity index (χ0) is 21.2. The third-order valence-electron chi connectivity index (χ3n) is 4.60. The number of benzene rings is 2. The Morgan fingerprint density at radius 1 is 0.966 bits per heavy atom. The highest BCUT2D eigenvalue weighted by Crippen LogP contribution is 2.38. The second-order valence-electron chi connectivity index (χ2n) is 6.70. The van der Waals surface area contributed by atoms with Crippen LogP contribution in [0.25, 0.3) is 0 Å². The van der Waals surface area contributed by atoms with Crippen LogP contribution in [0, 0.1) is 0 Å². The molecule has 0 amide bonds. The Morgan fingerprint density at radius 2 is 1.55 bits per heavy atom. The lowest BCUT2D eigenvalue weighted by molar-refractivity contribution is -0.200. The standard InChI is InChI=1S/C20H19F6NO2/c1-12(14-9-15(19(21,22)23)11-16(10-14)20(24,25)26)29-18-17(27-7-8-28-18)13-5-3-2-4-6-13/h2-6,9-12,17-18,27H,7-8H2,1H3/t12-,17?,18-/m0/s1. The van der Waals surface area contributed by atoms with Gasteiger partial charge in [-0.1, -0.05) is 30.3 Å². The van der Waals surface area contributed by atoms with Crippen LogP contribution >= 0.6 is 0 Å². The van der Waals surface area contributed by atoms with Crippen molar-refractivity contribution in [2.45, 2.75) is 37.7 Å². The van der Waals surface area contributed by atoms with E-state index in [0.29, 0.717) is 25.3 Å². The maximum Gasteiger partial charge on any atom is 0.416 e. The van der Waals surface area contributed by atoms with Crippen molar-refractivity contribution in [3.63, 3.8) is 0 Å². The molecule has 158 valence electrons. The van der Waals surface area contributed by atoms with E-state index in [-0.39, 0.29) is 11.6 Å². The van der Waals surface area contributed by atoms with E-state index in [9.17, 15) is 26.3 Å². The molecule has 0 spiro atoms. The largest absolute Gasteiger partial charge is 0.416 e. The lowest BCUT2D eigenvalue weighted by atomic mass is 10.0. The summed E-state index contributed by atoms with van der Waals surface area (Å²) in [5.74, 6) is 0. The highest BCUT2D eigenvalue weighted by Gasteiger charge is 2.38. The molecule has 0 aromatic heterocycles. The van der Waals surface area contributed by atoms with Gasteiger partial charge in [0, 0.05) is 6.54 Å². The van der Waals surface area contributed by atoms with E-state index in [2.05, 4.69) is 5.32 Å². The highest BCUT2D eigenvalue weighted by molar-refractivity contribution is 5.34. The molecule has 1 fully saturated rings. The van der Waals surface area contributed by atoms with Gasteiger partial charge in [0.05, 0.1) is 29.9 Å². The normalized spacial score (nSPS) is 21.8. The number of hydrogen-bond acceptors (Lipinski definition) is 3. The molecule has 1 saturated heterocycles. The molecule has 2 aromatic rings. The minimum atomic E-state index is -4.91. The van der Waals surface area contributed by atoms with Crippen LogP contribution in [0.5, 0.6) is 0 Å². The van der Waals surface area contributed by atoms with Crippen LogP contribution in [-0.2, 0) is 21.8 Å². The second kappa shape index (κ2) is 8.33. The fourth-order valence-electron chi connectivity index (χ4n) is 3.13. The molecule has 3 rings (SSSR count). The Bertz CT molecular complexity index is 790. The molecule has 29 heavy (non-hydrogen) atoms. The first-order valence-electron chi connectivity index (χ1n) is 8.90. The van der Waals surface area contributed by atoms with Crippen molar-refractivity contribution in [2.24, 2.45) is 0 Å². The van der Waals surface area contributed by atoms with Gasteiger partial charge in [-0.2, -0.15) is 26.3 Å². The third kappa shape index (κ3) is 5.29. The van der Waals surface area contributed by atoms with Crippen LogP contribution < -0.4 is 5.32 Å². The molecular weight excluding hydrogens is 400 g/mol. The van der Waals surface area contributed by atoms with Crippen LogP contribution in [0.4, 0.5) is 26.3 Å². The fourth-order valence-corrected chi connectivity index (χ4v) is 3.13. The Kier molecular flexibility index (Phi) is 6.21. The summed E-state index contributed by atoms with van der Waals surface area (Å²) in [6, 6.07) is 10.2. The summed E-state index contributed by atoms with van der Waals surface area (Å²) in [6.07, 6.45) is -11.8. The van der Waals surface area contributed by atoms with E-state index in [1.165, 1.54) is 6.92 Å². The van der Waals surface area contributed by atoms with Gasteiger partial charge in [-0.05, 0) is 36.2 Å². The third-order valence-corrected chi connectivity index (χ3v) is 4.60. The number of ether oxygens (including phenoxy) is 2. The summed E-state index contributed by atoms with van der Waals surface area (Å²) in [6.45, 7) is 2.24. The monoisotopic (exact) mass is 419 g/mol. The molecule has 2 aromatic carbocycles. The van der Waals surface area contributed by atoms with E-state index < -0.39 is 41.9 Å². The summed E-state index contributed by atoms with van der Waals surface area (Å²) in [5.41, 5.74) is -2.14.